The zero-order valence-corrected chi connectivity index (χ0v) is 12.0. The smallest absolute Gasteiger partial charge is 0.262 e. The Bertz CT molecular complexity index is 533. The Labute approximate surface area is 117 Å². The van der Waals surface area contributed by atoms with Crippen molar-refractivity contribution in [1.29, 1.82) is 0 Å². The molecule has 0 fully saturated rings. The molecule has 0 amide bonds. The van der Waals surface area contributed by atoms with Crippen LogP contribution in [0, 0.1) is 0 Å². The second kappa shape index (κ2) is 6.50. The topological polar surface area (TPSA) is 107 Å². The molecule has 1 aliphatic heterocycles. The molecule has 0 saturated carbocycles. The minimum Gasteiger partial charge on any atom is -0.756 e. The van der Waals surface area contributed by atoms with Crippen LogP contribution in [0.4, 0.5) is 0 Å². The molecule has 4 N–H and O–H groups in total. The second-order valence-electron chi connectivity index (χ2n) is 4.90. The van der Waals surface area contributed by atoms with Gasteiger partial charge in [-0.15, -0.1) is 0 Å². The van der Waals surface area contributed by atoms with Crippen molar-refractivity contribution in [1.82, 2.24) is 5.32 Å². The van der Waals surface area contributed by atoms with Crippen molar-refractivity contribution in [2.75, 3.05) is 13.1 Å². The number of aryl methyl sites for hydroxylation is 1. The van der Waals surface area contributed by atoms with E-state index in [0.717, 1.165) is 13.1 Å². The van der Waals surface area contributed by atoms with E-state index >= 15 is 0 Å². The summed E-state index contributed by atoms with van der Waals surface area (Å²) in [4.78, 5) is 26.4. The van der Waals surface area contributed by atoms with Gasteiger partial charge in [0.25, 0.3) is 7.82 Å². The molecule has 1 aliphatic carbocycles. The van der Waals surface area contributed by atoms with Crippen LogP contribution in [0.5, 0.6) is 0 Å². The van der Waals surface area contributed by atoms with Crippen LogP contribution >= 0.6 is 7.82 Å². The Morgan fingerprint density at radius 2 is 2.05 bits per heavy atom. The van der Waals surface area contributed by atoms with E-state index in [-0.39, 0.29) is 0 Å². The van der Waals surface area contributed by atoms with Crippen LogP contribution in [0.15, 0.2) is 24.3 Å². The summed E-state index contributed by atoms with van der Waals surface area (Å²) < 4.78 is 8.77. The van der Waals surface area contributed by atoms with Gasteiger partial charge in [0.15, 0.2) is 0 Å². The van der Waals surface area contributed by atoms with Gasteiger partial charge in [0, 0.05) is 0 Å². The van der Waals surface area contributed by atoms with Crippen molar-refractivity contribution in [2.45, 2.75) is 25.2 Å². The summed E-state index contributed by atoms with van der Waals surface area (Å²) >= 11 is 0. The zero-order chi connectivity index (χ0) is 14.6. The number of rotatable bonds is 1. The molecule has 1 unspecified atom stereocenters. The highest BCUT2D eigenvalue weighted by Crippen LogP contribution is 2.31. The largest absolute Gasteiger partial charge is 0.756 e. The first-order valence-electron chi connectivity index (χ1n) is 6.64. The maximum Gasteiger partial charge on any atom is 0.262 e. The van der Waals surface area contributed by atoms with Crippen molar-refractivity contribution < 1.29 is 24.2 Å². The number of nitrogens with one attached hydrogen (secondary N) is 2. The summed E-state index contributed by atoms with van der Waals surface area (Å²) in [5, 5.41) is 3.47. The number of hydrogen-bond donors (Lipinski definition) is 4. The highest BCUT2D eigenvalue weighted by molar-refractivity contribution is 7.43. The van der Waals surface area contributed by atoms with E-state index in [1.54, 1.807) is 0 Å². The Hall–Kier alpha value is -1.20. The van der Waals surface area contributed by atoms with Crippen LogP contribution in [0.1, 0.15) is 29.9 Å². The predicted octanol–water partition coefficient (Wildman–Crippen LogP) is -1.37. The van der Waals surface area contributed by atoms with Crippen LogP contribution in [-0.4, -0.2) is 28.7 Å². The lowest BCUT2D eigenvalue weighted by Gasteiger charge is -2.22. The summed E-state index contributed by atoms with van der Waals surface area (Å²) in [5.41, 5.74) is 3.07. The molecular weight excluding hydrogens is 279 g/mol. The summed E-state index contributed by atoms with van der Waals surface area (Å²) in [7, 11) is -4.89. The van der Waals surface area contributed by atoms with Crippen molar-refractivity contribution >= 4 is 13.7 Å². The van der Waals surface area contributed by atoms with Crippen molar-refractivity contribution in [2.24, 2.45) is 0 Å². The molecule has 6 nitrogen and oxygen atoms in total. The molecule has 1 aromatic rings. The minimum absolute atomic E-state index is 0.595. The Kier molecular flexibility index (Phi) is 4.94. The van der Waals surface area contributed by atoms with Gasteiger partial charge in [-0.25, -0.2) is 0 Å². The molecule has 1 atom stereocenters. The number of fused-ring (bicyclic) bond motifs is 1. The fraction of sp³-hybridized carbons (Fsp3) is 0.462. The molecule has 1 heterocycles. The van der Waals surface area contributed by atoms with E-state index in [1.165, 1.54) is 36.2 Å². The Morgan fingerprint density at radius 1 is 1.35 bits per heavy atom. The first-order chi connectivity index (χ1) is 9.45. The van der Waals surface area contributed by atoms with E-state index in [4.69, 9.17) is 19.2 Å². The average Bonchev–Trinajstić information content (AvgIpc) is 2.90. The van der Waals surface area contributed by atoms with Crippen LogP contribution in [-0.2, 0) is 11.0 Å². The summed E-state index contributed by atoms with van der Waals surface area (Å²) in [6.07, 6.45) is 3.85. The van der Waals surface area contributed by atoms with Gasteiger partial charge in [0.1, 0.15) is 13.1 Å². The number of phosphoric acid groups is 1. The van der Waals surface area contributed by atoms with E-state index in [2.05, 4.69) is 34.6 Å². The minimum atomic E-state index is -4.89. The molecule has 1 aromatic carbocycles. The quantitative estimate of drug-likeness (QED) is 0.479. The molecule has 0 bridgehead atoms. The molecular formula is C13H19N2O4P. The lowest BCUT2D eigenvalue weighted by atomic mass is 9.82. The predicted molar refractivity (Wildman–Crippen MR) is 73.0 cm³/mol. The van der Waals surface area contributed by atoms with Gasteiger partial charge in [-0.1, -0.05) is 24.3 Å². The SMILES string of the molecule is O=P([O-])(O)O.c1ccc2c(c1)CCCC2C1=[NH+]CCN1. The summed E-state index contributed by atoms with van der Waals surface area (Å²) in [6, 6.07) is 8.87. The maximum atomic E-state index is 8.77. The first-order valence-corrected chi connectivity index (χ1v) is 8.17. The monoisotopic (exact) mass is 298 g/mol. The molecule has 0 radical (unpaired) electrons. The first kappa shape index (κ1) is 15.2. The lowest BCUT2D eigenvalue weighted by molar-refractivity contribution is -0.446. The molecule has 0 saturated heterocycles. The van der Waals surface area contributed by atoms with Gasteiger partial charge >= 0.3 is 0 Å². The number of amidine groups is 1. The van der Waals surface area contributed by atoms with Gasteiger partial charge in [-0.3, -0.25) is 14.9 Å². The van der Waals surface area contributed by atoms with Crippen LogP contribution < -0.4 is 15.2 Å². The molecule has 110 valence electrons. The molecule has 3 rings (SSSR count). The van der Waals surface area contributed by atoms with Crippen LogP contribution in [0.3, 0.4) is 0 Å². The van der Waals surface area contributed by atoms with Gasteiger partial charge < -0.3 is 14.7 Å². The maximum absolute atomic E-state index is 8.77. The summed E-state index contributed by atoms with van der Waals surface area (Å²) in [6.45, 7) is 2.15. The van der Waals surface area contributed by atoms with Gasteiger partial charge in [-0.05, 0) is 30.4 Å². The molecule has 0 spiro atoms. The van der Waals surface area contributed by atoms with E-state index in [1.807, 2.05) is 0 Å². The zero-order valence-electron chi connectivity index (χ0n) is 11.1. The van der Waals surface area contributed by atoms with Gasteiger partial charge in [0.2, 0.25) is 5.84 Å². The Morgan fingerprint density at radius 3 is 2.70 bits per heavy atom. The van der Waals surface area contributed by atoms with E-state index < -0.39 is 7.82 Å². The fourth-order valence-corrected chi connectivity index (χ4v) is 2.76. The van der Waals surface area contributed by atoms with Crippen molar-refractivity contribution in [3.8, 4) is 0 Å². The van der Waals surface area contributed by atoms with E-state index in [9.17, 15) is 0 Å². The van der Waals surface area contributed by atoms with Gasteiger partial charge in [-0.2, -0.15) is 0 Å². The normalized spacial score (nSPS) is 21.1. The second-order valence-corrected chi connectivity index (χ2v) is 5.88. The Balaban J connectivity index is 0.000000257. The fourth-order valence-electron chi connectivity index (χ4n) is 2.76. The van der Waals surface area contributed by atoms with Crippen LogP contribution in [0.25, 0.3) is 0 Å². The van der Waals surface area contributed by atoms with Crippen molar-refractivity contribution in [3.05, 3.63) is 35.4 Å². The average molecular weight is 298 g/mol. The number of benzene rings is 1. The highest BCUT2D eigenvalue weighted by atomic mass is 31.2. The molecule has 0 aromatic heterocycles. The van der Waals surface area contributed by atoms with E-state index in [0.29, 0.717) is 5.92 Å². The third kappa shape index (κ3) is 4.42. The summed E-state index contributed by atoms with van der Waals surface area (Å²) in [5.74, 6) is 1.94. The number of hydrogen-bond acceptors (Lipinski definition) is 3. The highest BCUT2D eigenvalue weighted by Gasteiger charge is 2.29. The third-order valence-corrected chi connectivity index (χ3v) is 3.47. The lowest BCUT2D eigenvalue weighted by Crippen LogP contribution is -2.71. The molecule has 2 aliphatic rings. The van der Waals surface area contributed by atoms with Crippen LogP contribution in [0.2, 0.25) is 0 Å². The van der Waals surface area contributed by atoms with Gasteiger partial charge in [0.05, 0.1) is 5.92 Å². The third-order valence-electron chi connectivity index (χ3n) is 3.47. The van der Waals surface area contributed by atoms with Crippen molar-refractivity contribution in [3.63, 3.8) is 0 Å². The molecule has 7 heteroatoms. The molecule has 20 heavy (non-hydrogen) atoms. The standard InChI is InChI=1S/C13H16N2.H3O4P/c1-2-6-11-10(4-1)5-3-7-12(11)13-14-8-9-15-13;1-5(2,3)4/h1-2,4,6,12H,3,5,7-9H2,(H,14,15);(H3,1,2,3,4).